The van der Waals surface area contributed by atoms with Crippen LogP contribution in [0.4, 0.5) is 0 Å². The molecule has 0 atom stereocenters. The molecule has 2 nitrogen and oxygen atoms in total. The van der Waals surface area contributed by atoms with E-state index in [1.807, 2.05) is 18.2 Å². The zero-order chi connectivity index (χ0) is 14.2. The molecule has 20 heavy (non-hydrogen) atoms. The summed E-state index contributed by atoms with van der Waals surface area (Å²) in [5.74, 6) is 3.34. The van der Waals surface area contributed by atoms with Crippen LogP contribution in [0.5, 0.6) is 5.75 Å². The minimum absolute atomic E-state index is 0.300. The van der Waals surface area contributed by atoms with Crippen LogP contribution in [0.3, 0.4) is 0 Å². The zero-order valence-electron chi connectivity index (χ0n) is 11.7. The molecule has 0 amide bonds. The summed E-state index contributed by atoms with van der Waals surface area (Å²) in [6, 6.07) is 16.5. The van der Waals surface area contributed by atoms with Gasteiger partial charge in [0.05, 0.1) is 0 Å². The number of ether oxygens (including phenoxy) is 1. The molecular weight excluding hydrogens is 246 g/mol. The summed E-state index contributed by atoms with van der Waals surface area (Å²) in [6.45, 7) is 4.00. The van der Waals surface area contributed by atoms with Gasteiger partial charge in [-0.1, -0.05) is 53.9 Å². The predicted octanol–water partition coefficient (Wildman–Crippen LogP) is 3.30. The molecular formula is C18H19NO. The Hall–Kier alpha value is -2.24. The summed E-state index contributed by atoms with van der Waals surface area (Å²) >= 11 is 0. The van der Waals surface area contributed by atoms with E-state index in [4.69, 9.17) is 11.2 Å². The van der Waals surface area contributed by atoms with Gasteiger partial charge in [0, 0.05) is 18.7 Å². The van der Waals surface area contributed by atoms with Gasteiger partial charge in [-0.05, 0) is 18.6 Å². The van der Waals surface area contributed by atoms with Gasteiger partial charge in [0.25, 0.3) is 0 Å². The zero-order valence-corrected chi connectivity index (χ0v) is 11.7. The first-order valence-electron chi connectivity index (χ1n) is 6.70. The first-order valence-corrected chi connectivity index (χ1v) is 6.70. The molecule has 0 saturated carbocycles. The van der Waals surface area contributed by atoms with E-state index >= 15 is 0 Å². The Kier molecular flexibility index (Phi) is 5.23. The molecule has 102 valence electrons. The summed E-state index contributed by atoms with van der Waals surface area (Å²) in [5, 5.41) is 3.43. The Balaban J connectivity index is 1.92. The second kappa shape index (κ2) is 7.37. The van der Waals surface area contributed by atoms with Gasteiger partial charge in [0.1, 0.15) is 12.4 Å². The minimum atomic E-state index is 0.300. The normalized spacial score (nSPS) is 10.0. The summed E-state index contributed by atoms with van der Waals surface area (Å²) < 4.78 is 5.53. The van der Waals surface area contributed by atoms with E-state index in [0.29, 0.717) is 6.61 Å². The fourth-order valence-corrected chi connectivity index (χ4v) is 2.07. The number of para-hydroxylation sites is 1. The minimum Gasteiger partial charge on any atom is -0.481 e. The van der Waals surface area contributed by atoms with Crippen LogP contribution in [0.15, 0.2) is 48.5 Å². The van der Waals surface area contributed by atoms with Crippen molar-refractivity contribution in [2.24, 2.45) is 0 Å². The summed E-state index contributed by atoms with van der Waals surface area (Å²) in [6.07, 6.45) is 5.23. The van der Waals surface area contributed by atoms with Gasteiger partial charge in [-0.2, -0.15) is 0 Å². The van der Waals surface area contributed by atoms with Crippen molar-refractivity contribution in [1.82, 2.24) is 5.32 Å². The Morgan fingerprint density at radius 1 is 1.10 bits per heavy atom. The average molecular weight is 265 g/mol. The van der Waals surface area contributed by atoms with Crippen LogP contribution < -0.4 is 10.1 Å². The van der Waals surface area contributed by atoms with Crippen LogP contribution in [-0.2, 0) is 13.1 Å². The number of aryl methyl sites for hydroxylation is 1. The Morgan fingerprint density at radius 3 is 2.75 bits per heavy atom. The number of terminal acetylenes is 1. The lowest BCUT2D eigenvalue weighted by molar-refractivity contribution is 0.365. The molecule has 0 aromatic heterocycles. The highest BCUT2D eigenvalue weighted by molar-refractivity contribution is 5.33. The van der Waals surface area contributed by atoms with Gasteiger partial charge in [0.15, 0.2) is 0 Å². The van der Waals surface area contributed by atoms with Crippen molar-refractivity contribution in [3.63, 3.8) is 0 Å². The number of nitrogens with one attached hydrogen (secondary N) is 1. The third kappa shape index (κ3) is 4.15. The lowest BCUT2D eigenvalue weighted by Crippen LogP contribution is -2.13. The lowest BCUT2D eigenvalue weighted by Gasteiger charge is -2.10. The lowest BCUT2D eigenvalue weighted by atomic mass is 10.1. The van der Waals surface area contributed by atoms with Crippen LogP contribution in [0.25, 0.3) is 0 Å². The summed E-state index contributed by atoms with van der Waals surface area (Å²) in [5.41, 5.74) is 3.68. The van der Waals surface area contributed by atoms with E-state index in [0.717, 1.165) is 24.4 Å². The maximum Gasteiger partial charge on any atom is 0.148 e. The van der Waals surface area contributed by atoms with Crippen LogP contribution in [0, 0.1) is 19.3 Å². The number of hydrogen-bond donors (Lipinski definition) is 1. The molecule has 2 aromatic rings. The van der Waals surface area contributed by atoms with Crippen molar-refractivity contribution in [2.45, 2.75) is 20.0 Å². The molecule has 1 N–H and O–H groups in total. The molecule has 0 saturated heterocycles. The van der Waals surface area contributed by atoms with Gasteiger partial charge in [-0.15, -0.1) is 6.42 Å². The maximum absolute atomic E-state index is 5.53. The molecule has 0 heterocycles. The van der Waals surface area contributed by atoms with Crippen LogP contribution in [-0.4, -0.2) is 6.61 Å². The number of rotatable bonds is 6. The Bertz CT molecular complexity index is 598. The molecule has 0 aliphatic heterocycles. The van der Waals surface area contributed by atoms with Crippen molar-refractivity contribution >= 4 is 0 Å². The molecule has 0 aliphatic rings. The highest BCUT2D eigenvalue weighted by Crippen LogP contribution is 2.17. The first kappa shape index (κ1) is 14.2. The fraction of sp³-hybridized carbons (Fsp3) is 0.222. The van der Waals surface area contributed by atoms with Crippen molar-refractivity contribution in [3.05, 3.63) is 65.2 Å². The quantitative estimate of drug-likeness (QED) is 0.809. The highest BCUT2D eigenvalue weighted by Gasteiger charge is 2.02. The molecule has 0 fully saturated rings. The first-order chi connectivity index (χ1) is 9.79. The van der Waals surface area contributed by atoms with Gasteiger partial charge in [-0.3, -0.25) is 0 Å². The molecule has 2 aromatic carbocycles. The maximum atomic E-state index is 5.53. The van der Waals surface area contributed by atoms with E-state index in [1.54, 1.807) is 0 Å². The second-order valence-corrected chi connectivity index (χ2v) is 4.69. The SMILES string of the molecule is C#CCOc1ccccc1CNCc1cccc(C)c1. The van der Waals surface area contributed by atoms with E-state index in [9.17, 15) is 0 Å². The molecule has 0 aliphatic carbocycles. The molecule has 2 rings (SSSR count). The van der Waals surface area contributed by atoms with Crippen LogP contribution in [0.2, 0.25) is 0 Å². The van der Waals surface area contributed by atoms with Gasteiger partial charge >= 0.3 is 0 Å². The van der Waals surface area contributed by atoms with Crippen LogP contribution in [0.1, 0.15) is 16.7 Å². The van der Waals surface area contributed by atoms with Gasteiger partial charge in [0.2, 0.25) is 0 Å². The number of benzene rings is 2. The fourth-order valence-electron chi connectivity index (χ4n) is 2.07. The number of hydrogen-bond acceptors (Lipinski definition) is 2. The van der Waals surface area contributed by atoms with E-state index in [2.05, 4.69) is 48.5 Å². The Labute approximate surface area is 120 Å². The molecule has 0 spiro atoms. The summed E-state index contributed by atoms with van der Waals surface area (Å²) in [4.78, 5) is 0. The average Bonchev–Trinajstić information content (AvgIpc) is 2.46. The van der Waals surface area contributed by atoms with Gasteiger partial charge in [-0.25, -0.2) is 0 Å². The molecule has 0 bridgehead atoms. The third-order valence-corrected chi connectivity index (χ3v) is 3.01. The van der Waals surface area contributed by atoms with Crippen LogP contribution >= 0.6 is 0 Å². The predicted molar refractivity (Wildman–Crippen MR) is 82.5 cm³/mol. The second-order valence-electron chi connectivity index (χ2n) is 4.69. The van der Waals surface area contributed by atoms with Crippen molar-refractivity contribution < 1.29 is 4.74 Å². The molecule has 0 unspecified atom stereocenters. The highest BCUT2D eigenvalue weighted by atomic mass is 16.5. The topological polar surface area (TPSA) is 21.3 Å². The van der Waals surface area contributed by atoms with Gasteiger partial charge < -0.3 is 10.1 Å². The molecule has 0 radical (unpaired) electrons. The van der Waals surface area contributed by atoms with E-state index < -0.39 is 0 Å². The monoisotopic (exact) mass is 265 g/mol. The van der Waals surface area contributed by atoms with E-state index in [1.165, 1.54) is 11.1 Å². The standard InChI is InChI=1S/C18H19NO/c1-3-11-20-18-10-5-4-9-17(18)14-19-13-16-8-6-7-15(2)12-16/h1,4-10,12,19H,11,13-14H2,2H3. The third-order valence-electron chi connectivity index (χ3n) is 3.01. The largest absolute Gasteiger partial charge is 0.481 e. The van der Waals surface area contributed by atoms with Crippen molar-refractivity contribution in [3.8, 4) is 18.1 Å². The van der Waals surface area contributed by atoms with Crippen molar-refractivity contribution in [1.29, 1.82) is 0 Å². The van der Waals surface area contributed by atoms with Crippen molar-refractivity contribution in [2.75, 3.05) is 6.61 Å². The van der Waals surface area contributed by atoms with E-state index in [-0.39, 0.29) is 0 Å². The smallest absolute Gasteiger partial charge is 0.148 e. The summed E-state index contributed by atoms with van der Waals surface area (Å²) in [7, 11) is 0. The Morgan fingerprint density at radius 2 is 1.95 bits per heavy atom. The molecule has 2 heteroatoms.